The van der Waals surface area contributed by atoms with Crippen LogP contribution in [0.15, 0.2) is 36.6 Å². The molecule has 0 aliphatic carbocycles. The monoisotopic (exact) mass is 389 g/mol. The standard InChI is InChI=1S/C21H27NO4S/c1-13-6-8-18(11-17(13)9-7-15(3)26-5)16(4)21(25)27-12-19(20(22)24)10-14(2)23/h6-9,11,16,19H,3,10,12H2,1-2,4-5H3,(H2,22,24). The summed E-state index contributed by atoms with van der Waals surface area (Å²) in [5.41, 5.74) is 8.25. The number of aryl methyl sites for hydroxylation is 1. The lowest BCUT2D eigenvalue weighted by molar-refractivity contribution is -0.125. The van der Waals surface area contributed by atoms with Gasteiger partial charge in [0.1, 0.15) is 11.5 Å². The molecule has 1 aromatic rings. The van der Waals surface area contributed by atoms with E-state index in [9.17, 15) is 14.4 Å². The lowest BCUT2D eigenvalue weighted by atomic mass is 9.97. The van der Waals surface area contributed by atoms with Crippen molar-refractivity contribution in [2.45, 2.75) is 33.1 Å². The molecule has 1 rings (SSSR count). The van der Waals surface area contributed by atoms with Crippen LogP contribution in [0.5, 0.6) is 0 Å². The second-order valence-electron chi connectivity index (χ2n) is 6.48. The van der Waals surface area contributed by atoms with Crippen molar-refractivity contribution in [2.24, 2.45) is 11.7 Å². The molecule has 0 heterocycles. The summed E-state index contributed by atoms with van der Waals surface area (Å²) in [5, 5.41) is -0.0649. The molecule has 146 valence electrons. The third-order valence-electron chi connectivity index (χ3n) is 4.23. The summed E-state index contributed by atoms with van der Waals surface area (Å²) in [6.45, 7) is 8.97. The highest BCUT2D eigenvalue weighted by Crippen LogP contribution is 2.26. The first-order chi connectivity index (χ1) is 12.6. The second kappa shape index (κ2) is 10.7. The van der Waals surface area contributed by atoms with Crippen molar-refractivity contribution < 1.29 is 19.1 Å². The summed E-state index contributed by atoms with van der Waals surface area (Å²) in [6, 6.07) is 5.84. The van der Waals surface area contributed by atoms with Gasteiger partial charge in [-0.2, -0.15) is 0 Å². The highest BCUT2D eigenvalue weighted by Gasteiger charge is 2.22. The fourth-order valence-electron chi connectivity index (χ4n) is 2.39. The van der Waals surface area contributed by atoms with Crippen molar-refractivity contribution in [3.8, 4) is 0 Å². The molecule has 6 heteroatoms. The second-order valence-corrected chi connectivity index (χ2v) is 7.50. The van der Waals surface area contributed by atoms with Crippen LogP contribution < -0.4 is 5.73 Å². The number of methoxy groups -OCH3 is 1. The largest absolute Gasteiger partial charge is 0.497 e. The van der Waals surface area contributed by atoms with Crippen molar-refractivity contribution in [1.29, 1.82) is 0 Å². The van der Waals surface area contributed by atoms with E-state index in [1.807, 2.05) is 38.1 Å². The number of thioether (sulfide) groups is 1. The molecule has 0 radical (unpaired) electrons. The number of hydrogen-bond donors (Lipinski definition) is 1. The third-order valence-corrected chi connectivity index (χ3v) is 5.44. The van der Waals surface area contributed by atoms with E-state index in [-0.39, 0.29) is 29.0 Å². The topological polar surface area (TPSA) is 86.5 Å². The molecule has 2 unspecified atom stereocenters. The quantitative estimate of drug-likeness (QED) is 0.488. The van der Waals surface area contributed by atoms with Crippen LogP contribution in [0.1, 0.15) is 42.9 Å². The van der Waals surface area contributed by atoms with Gasteiger partial charge >= 0.3 is 0 Å². The minimum absolute atomic E-state index is 0.0624. The van der Waals surface area contributed by atoms with E-state index in [0.717, 1.165) is 28.5 Å². The van der Waals surface area contributed by atoms with Gasteiger partial charge in [-0.15, -0.1) is 0 Å². The van der Waals surface area contributed by atoms with E-state index >= 15 is 0 Å². The lowest BCUT2D eigenvalue weighted by Crippen LogP contribution is -2.27. The number of ether oxygens (including phenoxy) is 1. The van der Waals surface area contributed by atoms with Crippen LogP contribution in [0.2, 0.25) is 0 Å². The van der Waals surface area contributed by atoms with Gasteiger partial charge in [-0.3, -0.25) is 9.59 Å². The normalized spacial score (nSPS) is 13.2. The number of carbonyl (C=O) groups is 3. The number of ketones is 1. The molecule has 2 atom stereocenters. The number of carbonyl (C=O) groups excluding carboxylic acids is 3. The number of benzene rings is 1. The molecular weight excluding hydrogens is 362 g/mol. The van der Waals surface area contributed by atoms with Crippen LogP contribution in [0.4, 0.5) is 0 Å². The molecule has 0 bridgehead atoms. The van der Waals surface area contributed by atoms with Gasteiger partial charge in [-0.25, -0.2) is 0 Å². The van der Waals surface area contributed by atoms with Crippen LogP contribution in [-0.4, -0.2) is 29.7 Å². The predicted octanol–water partition coefficient (Wildman–Crippen LogP) is 3.61. The van der Waals surface area contributed by atoms with Crippen molar-refractivity contribution in [3.63, 3.8) is 0 Å². The maximum atomic E-state index is 12.5. The summed E-state index contributed by atoms with van der Waals surface area (Å²) in [6.07, 6.45) is 3.73. The fourth-order valence-corrected chi connectivity index (χ4v) is 3.42. The summed E-state index contributed by atoms with van der Waals surface area (Å²) in [5.74, 6) is -0.890. The maximum absolute atomic E-state index is 12.5. The number of hydrogen-bond acceptors (Lipinski definition) is 5. The van der Waals surface area contributed by atoms with Gasteiger partial charge in [0.25, 0.3) is 0 Å². The van der Waals surface area contributed by atoms with Crippen LogP contribution >= 0.6 is 11.8 Å². The number of nitrogens with two attached hydrogens (primary N) is 1. The van der Waals surface area contributed by atoms with Crippen molar-refractivity contribution in [3.05, 3.63) is 53.3 Å². The predicted molar refractivity (Wildman–Crippen MR) is 110 cm³/mol. The number of Topliss-reactive ketones (excluding diaryl/α,β-unsaturated/α-hetero) is 1. The molecule has 2 N–H and O–H groups in total. The van der Waals surface area contributed by atoms with Gasteiger partial charge in [0.15, 0.2) is 5.12 Å². The van der Waals surface area contributed by atoms with Gasteiger partial charge in [-0.1, -0.05) is 49.5 Å². The van der Waals surface area contributed by atoms with E-state index in [2.05, 4.69) is 6.58 Å². The average Bonchev–Trinajstić information content (AvgIpc) is 2.62. The minimum Gasteiger partial charge on any atom is -0.497 e. The summed E-state index contributed by atoms with van der Waals surface area (Å²) < 4.78 is 5.03. The Morgan fingerprint density at radius 1 is 1.33 bits per heavy atom. The smallest absolute Gasteiger partial charge is 0.221 e. The molecular formula is C21H27NO4S. The SMILES string of the molecule is C=C(C=Cc1cc(C(C)C(=O)SCC(CC(C)=O)C(N)=O)ccc1C)OC. The fraction of sp³-hybridized carbons (Fsp3) is 0.381. The molecule has 0 saturated heterocycles. The highest BCUT2D eigenvalue weighted by molar-refractivity contribution is 8.13. The molecule has 0 fully saturated rings. The van der Waals surface area contributed by atoms with Crippen LogP contribution in [0.3, 0.4) is 0 Å². The van der Waals surface area contributed by atoms with E-state index < -0.39 is 11.8 Å². The van der Waals surface area contributed by atoms with E-state index in [4.69, 9.17) is 10.5 Å². The zero-order valence-electron chi connectivity index (χ0n) is 16.3. The number of amides is 1. The molecule has 1 amide bonds. The van der Waals surface area contributed by atoms with E-state index in [1.54, 1.807) is 13.2 Å². The van der Waals surface area contributed by atoms with Crippen LogP contribution in [-0.2, 0) is 19.1 Å². The molecule has 27 heavy (non-hydrogen) atoms. The van der Waals surface area contributed by atoms with Gasteiger partial charge < -0.3 is 15.3 Å². The average molecular weight is 390 g/mol. The molecule has 0 aromatic heterocycles. The lowest BCUT2D eigenvalue weighted by Gasteiger charge is -2.15. The maximum Gasteiger partial charge on any atom is 0.221 e. The van der Waals surface area contributed by atoms with E-state index in [1.165, 1.54) is 6.92 Å². The molecule has 1 aromatic carbocycles. The Morgan fingerprint density at radius 2 is 2.00 bits per heavy atom. The first-order valence-corrected chi connectivity index (χ1v) is 9.61. The Kier molecular flexibility index (Phi) is 9.02. The Hall–Kier alpha value is -2.34. The van der Waals surface area contributed by atoms with Gasteiger partial charge in [0.2, 0.25) is 5.91 Å². The first-order valence-electron chi connectivity index (χ1n) is 8.62. The van der Waals surface area contributed by atoms with E-state index in [0.29, 0.717) is 5.76 Å². The van der Waals surface area contributed by atoms with Gasteiger partial charge in [0, 0.05) is 12.2 Å². The zero-order valence-corrected chi connectivity index (χ0v) is 17.1. The van der Waals surface area contributed by atoms with Crippen molar-refractivity contribution in [1.82, 2.24) is 0 Å². The zero-order chi connectivity index (χ0) is 20.6. The number of rotatable bonds is 10. The third kappa shape index (κ3) is 7.43. The Labute approximate surface area is 165 Å². The molecule has 0 aliphatic heterocycles. The summed E-state index contributed by atoms with van der Waals surface area (Å²) in [7, 11) is 1.55. The Bertz CT molecular complexity index is 755. The molecule has 0 saturated carbocycles. The van der Waals surface area contributed by atoms with Gasteiger partial charge in [0.05, 0.1) is 18.9 Å². The number of primary amides is 1. The molecule has 0 spiro atoms. The summed E-state index contributed by atoms with van der Waals surface area (Å²) >= 11 is 1.05. The Balaban J connectivity index is 2.85. The number of allylic oxidation sites excluding steroid dienone is 1. The van der Waals surface area contributed by atoms with Crippen LogP contribution in [0, 0.1) is 12.8 Å². The minimum atomic E-state index is -0.625. The van der Waals surface area contributed by atoms with Gasteiger partial charge in [-0.05, 0) is 36.6 Å². The highest BCUT2D eigenvalue weighted by atomic mass is 32.2. The summed E-state index contributed by atoms with van der Waals surface area (Å²) in [4.78, 5) is 35.2. The molecule has 5 nitrogen and oxygen atoms in total. The first kappa shape index (κ1) is 22.7. The Morgan fingerprint density at radius 3 is 2.56 bits per heavy atom. The van der Waals surface area contributed by atoms with Crippen molar-refractivity contribution in [2.75, 3.05) is 12.9 Å². The van der Waals surface area contributed by atoms with Crippen LogP contribution in [0.25, 0.3) is 6.08 Å². The molecule has 0 aliphatic rings. The van der Waals surface area contributed by atoms with Crippen molar-refractivity contribution >= 4 is 34.6 Å².